The molecule has 2 heterocycles. The van der Waals surface area contributed by atoms with Crippen LogP contribution in [0.4, 0.5) is 0 Å². The molecule has 2 aromatic rings. The molecule has 7 nitrogen and oxygen atoms in total. The number of benzene rings is 1. The summed E-state index contributed by atoms with van der Waals surface area (Å²) < 4.78 is 16.3. The van der Waals surface area contributed by atoms with E-state index in [4.69, 9.17) is 14.2 Å². The molecule has 7 heteroatoms. The maximum absolute atomic E-state index is 11.7. The van der Waals surface area contributed by atoms with E-state index >= 15 is 0 Å². The van der Waals surface area contributed by atoms with Gasteiger partial charge < -0.3 is 19.3 Å². The number of hydrogen-bond acceptors (Lipinski definition) is 7. The maximum atomic E-state index is 11.7. The molecule has 1 aromatic heterocycles. The van der Waals surface area contributed by atoms with E-state index in [1.54, 1.807) is 13.3 Å². The Morgan fingerprint density at radius 1 is 1.17 bits per heavy atom. The lowest BCUT2D eigenvalue weighted by Gasteiger charge is -2.31. The van der Waals surface area contributed by atoms with Crippen molar-refractivity contribution >= 4 is 0 Å². The van der Waals surface area contributed by atoms with Crippen LogP contribution in [-0.2, 0) is 12.1 Å². The number of hydrogen-bond donors (Lipinski definition) is 1. The number of nitrogens with zero attached hydrogens (tertiary/aromatic N) is 3. The molecule has 0 bridgehead atoms. The van der Waals surface area contributed by atoms with Crippen LogP contribution in [-0.4, -0.2) is 53.4 Å². The van der Waals surface area contributed by atoms with Crippen molar-refractivity contribution in [1.29, 1.82) is 0 Å². The normalized spacial score (nSPS) is 26.1. The van der Waals surface area contributed by atoms with Crippen molar-refractivity contribution < 1.29 is 19.3 Å². The van der Waals surface area contributed by atoms with Crippen LogP contribution in [0.25, 0.3) is 0 Å². The van der Waals surface area contributed by atoms with Gasteiger partial charge in [-0.2, -0.15) is 4.98 Å². The van der Waals surface area contributed by atoms with Gasteiger partial charge in [-0.15, -0.1) is 0 Å². The molecule has 1 saturated heterocycles. The molecule has 4 rings (SSSR count). The third-order valence-corrected chi connectivity index (χ3v) is 6.30. The fraction of sp³-hybridized carbons (Fsp3) is 0.565. The second-order valence-electron chi connectivity index (χ2n) is 8.61. The lowest BCUT2D eigenvalue weighted by Crippen LogP contribution is -2.35. The van der Waals surface area contributed by atoms with Crippen LogP contribution in [0.3, 0.4) is 0 Å². The predicted octanol–water partition coefficient (Wildman–Crippen LogP) is 3.01. The average molecular weight is 414 g/mol. The van der Waals surface area contributed by atoms with Crippen molar-refractivity contribution in [2.45, 2.75) is 44.9 Å². The molecule has 30 heavy (non-hydrogen) atoms. The Kier molecular flexibility index (Phi) is 5.84. The Balaban J connectivity index is 1.48. The quantitative estimate of drug-likeness (QED) is 0.748. The third kappa shape index (κ3) is 3.96. The Hall–Kier alpha value is -2.38. The minimum atomic E-state index is -0.980. The van der Waals surface area contributed by atoms with Gasteiger partial charge in [0.1, 0.15) is 11.4 Å². The first kappa shape index (κ1) is 20.9. The summed E-state index contributed by atoms with van der Waals surface area (Å²) in [4.78, 5) is 10.9. The van der Waals surface area contributed by atoms with Crippen molar-refractivity contribution in [3.63, 3.8) is 0 Å². The second-order valence-corrected chi connectivity index (χ2v) is 8.61. The van der Waals surface area contributed by atoms with Gasteiger partial charge in [0.2, 0.25) is 5.88 Å². The SMILES string of the molecule is COc1ncc([C@]2(O)CC[C@H]3CN(Cc4ccc(OC(C)C)cc4)C[C@H]32)c(OC)n1. The fourth-order valence-corrected chi connectivity index (χ4v) is 4.95. The number of aromatic nitrogens is 2. The first-order valence-corrected chi connectivity index (χ1v) is 10.6. The average Bonchev–Trinajstić information content (AvgIpc) is 3.28. The van der Waals surface area contributed by atoms with Gasteiger partial charge in [0.15, 0.2) is 0 Å². The summed E-state index contributed by atoms with van der Waals surface area (Å²) in [7, 11) is 3.08. The van der Waals surface area contributed by atoms with E-state index in [0.717, 1.165) is 31.8 Å². The summed E-state index contributed by atoms with van der Waals surface area (Å²) in [6, 6.07) is 8.55. The van der Waals surface area contributed by atoms with Gasteiger partial charge >= 0.3 is 6.01 Å². The molecule has 1 aliphatic carbocycles. The Bertz CT molecular complexity index is 873. The van der Waals surface area contributed by atoms with E-state index in [9.17, 15) is 5.11 Å². The predicted molar refractivity (Wildman–Crippen MR) is 113 cm³/mol. The second kappa shape index (κ2) is 8.40. The third-order valence-electron chi connectivity index (χ3n) is 6.30. The number of aliphatic hydroxyl groups is 1. The number of ether oxygens (including phenoxy) is 3. The smallest absolute Gasteiger partial charge is 0.319 e. The summed E-state index contributed by atoms with van der Waals surface area (Å²) >= 11 is 0. The molecular weight excluding hydrogens is 382 g/mol. The van der Waals surface area contributed by atoms with Crippen LogP contribution in [0.15, 0.2) is 30.5 Å². The van der Waals surface area contributed by atoms with Crippen LogP contribution < -0.4 is 14.2 Å². The van der Waals surface area contributed by atoms with E-state index < -0.39 is 5.60 Å². The van der Waals surface area contributed by atoms with Crippen molar-refractivity contribution in [1.82, 2.24) is 14.9 Å². The summed E-state index contributed by atoms with van der Waals surface area (Å²) in [6.45, 7) is 6.74. The molecule has 2 fully saturated rings. The van der Waals surface area contributed by atoms with E-state index in [0.29, 0.717) is 23.8 Å². The zero-order valence-electron chi connectivity index (χ0n) is 18.2. The highest BCUT2D eigenvalue weighted by Gasteiger charge is 2.53. The molecule has 0 amide bonds. The molecular formula is C23H31N3O4. The summed E-state index contributed by atoms with van der Waals surface area (Å²) in [5.74, 6) is 1.87. The van der Waals surface area contributed by atoms with Gasteiger partial charge in [-0.25, -0.2) is 4.98 Å². The largest absolute Gasteiger partial charge is 0.491 e. The number of fused-ring (bicyclic) bond motifs is 1. The van der Waals surface area contributed by atoms with Gasteiger partial charge in [0.05, 0.1) is 25.9 Å². The van der Waals surface area contributed by atoms with Crippen LogP contribution in [0.2, 0.25) is 0 Å². The maximum Gasteiger partial charge on any atom is 0.319 e. The van der Waals surface area contributed by atoms with Crippen LogP contribution in [0.1, 0.15) is 37.8 Å². The lowest BCUT2D eigenvalue weighted by molar-refractivity contribution is -0.00972. The zero-order chi connectivity index (χ0) is 21.3. The van der Waals surface area contributed by atoms with Crippen LogP contribution >= 0.6 is 0 Å². The highest BCUT2D eigenvalue weighted by molar-refractivity contribution is 5.34. The Morgan fingerprint density at radius 2 is 1.93 bits per heavy atom. The first-order chi connectivity index (χ1) is 14.4. The van der Waals surface area contributed by atoms with Crippen molar-refractivity contribution in [2.24, 2.45) is 11.8 Å². The van der Waals surface area contributed by atoms with Gasteiger partial charge in [-0.1, -0.05) is 12.1 Å². The number of likely N-dealkylation sites (tertiary alicyclic amines) is 1. The van der Waals surface area contributed by atoms with Gasteiger partial charge in [0.25, 0.3) is 0 Å². The number of methoxy groups -OCH3 is 2. The van der Waals surface area contributed by atoms with E-state index in [-0.39, 0.29) is 18.0 Å². The highest BCUT2D eigenvalue weighted by atomic mass is 16.5. The van der Waals surface area contributed by atoms with E-state index in [2.05, 4.69) is 27.0 Å². The summed E-state index contributed by atoms with van der Waals surface area (Å²) in [5.41, 5.74) is 0.932. The molecule has 1 aromatic carbocycles. The fourth-order valence-electron chi connectivity index (χ4n) is 4.95. The standard InChI is InChI=1S/C23H31N3O4/c1-15(2)30-18-7-5-16(6-8-18)12-26-13-17-9-10-23(27,20(17)14-26)19-11-24-22(29-4)25-21(19)28-3/h5-8,11,15,17,20,27H,9-10,12-14H2,1-4H3/t17-,20+,23+/m0/s1. The van der Waals surface area contributed by atoms with Crippen LogP contribution in [0, 0.1) is 11.8 Å². The Labute approximate surface area is 178 Å². The van der Waals surface area contributed by atoms with Crippen LogP contribution in [0.5, 0.6) is 17.6 Å². The number of rotatable bonds is 7. The van der Waals surface area contributed by atoms with Gasteiger partial charge in [0, 0.05) is 31.7 Å². The van der Waals surface area contributed by atoms with Gasteiger partial charge in [-0.05, 0) is 50.3 Å². The van der Waals surface area contributed by atoms with E-state index in [1.807, 2.05) is 26.0 Å². The van der Waals surface area contributed by atoms with Gasteiger partial charge in [-0.3, -0.25) is 4.90 Å². The molecule has 3 atom stereocenters. The first-order valence-electron chi connectivity index (χ1n) is 10.6. The lowest BCUT2D eigenvalue weighted by atomic mass is 9.83. The monoisotopic (exact) mass is 413 g/mol. The molecule has 0 radical (unpaired) electrons. The van der Waals surface area contributed by atoms with Crippen molar-refractivity contribution in [3.8, 4) is 17.6 Å². The molecule has 0 spiro atoms. The molecule has 1 aliphatic heterocycles. The Morgan fingerprint density at radius 3 is 2.60 bits per heavy atom. The topological polar surface area (TPSA) is 76.9 Å². The molecule has 2 aliphatic rings. The molecule has 1 saturated carbocycles. The van der Waals surface area contributed by atoms with Crippen molar-refractivity contribution in [2.75, 3.05) is 27.3 Å². The molecule has 0 unspecified atom stereocenters. The molecule has 162 valence electrons. The zero-order valence-corrected chi connectivity index (χ0v) is 18.2. The minimum absolute atomic E-state index is 0.131. The minimum Gasteiger partial charge on any atom is -0.491 e. The van der Waals surface area contributed by atoms with E-state index in [1.165, 1.54) is 12.7 Å². The summed E-state index contributed by atoms with van der Waals surface area (Å²) in [5, 5.41) is 11.7. The highest BCUT2D eigenvalue weighted by Crippen LogP contribution is 2.52. The van der Waals surface area contributed by atoms with Crippen molar-refractivity contribution in [3.05, 3.63) is 41.6 Å². The molecule has 1 N–H and O–H groups in total. The summed E-state index contributed by atoms with van der Waals surface area (Å²) in [6.07, 6.45) is 3.51.